The zero-order chi connectivity index (χ0) is 26.2. The molecule has 0 radical (unpaired) electrons. The van der Waals surface area contributed by atoms with Crippen LogP contribution in [0.5, 0.6) is 0 Å². The normalized spacial score (nSPS) is 13.2. The minimum Gasteiger partial charge on any atom is -0.0836 e. The van der Waals surface area contributed by atoms with Crippen molar-refractivity contribution in [2.75, 3.05) is 0 Å². The molecule has 0 fully saturated rings. The summed E-state index contributed by atoms with van der Waals surface area (Å²) in [5, 5.41) is 13.3. The molecule has 1 aliphatic rings. The van der Waals surface area contributed by atoms with Gasteiger partial charge in [0.05, 0.1) is 0 Å². The molecule has 8 aromatic rings. The minimum absolute atomic E-state index is 1.13. The van der Waals surface area contributed by atoms with Crippen molar-refractivity contribution in [3.63, 3.8) is 0 Å². The number of benzene rings is 8. The molecule has 0 saturated carbocycles. The molecule has 0 saturated heterocycles. The molecule has 0 N–H and O–H groups in total. The molecule has 0 spiro atoms. The van der Waals surface area contributed by atoms with E-state index in [1.165, 1.54) is 87.2 Å². The molecule has 0 bridgehead atoms. The molecule has 9 rings (SSSR count). The standard InChI is InChI=1S/C40H26/c1-2-10-31-25(7-1)8-5-13-32(31)29-17-15-28-24-30(18-16-27(28)23-29)33-21-22-38-35-12-4-3-11-34(35)36-14-6-9-26-19-20-37(33)40(38)39(26)36/h2-6,8-24H,1,7H2. The van der Waals surface area contributed by atoms with Crippen molar-refractivity contribution in [3.8, 4) is 22.3 Å². The van der Waals surface area contributed by atoms with Gasteiger partial charge in [-0.3, -0.25) is 0 Å². The zero-order valence-electron chi connectivity index (χ0n) is 22.1. The number of aryl methyl sites for hydroxylation is 1. The van der Waals surface area contributed by atoms with Crippen molar-refractivity contribution < 1.29 is 0 Å². The van der Waals surface area contributed by atoms with Crippen molar-refractivity contribution in [3.05, 3.63) is 139 Å². The number of allylic oxidation sites excluding steroid dienone is 1. The monoisotopic (exact) mass is 506 g/mol. The first kappa shape index (κ1) is 21.9. The van der Waals surface area contributed by atoms with E-state index in [1.807, 2.05) is 0 Å². The Morgan fingerprint density at radius 2 is 1.10 bits per heavy atom. The lowest BCUT2D eigenvalue weighted by atomic mass is 9.86. The van der Waals surface area contributed by atoms with Gasteiger partial charge >= 0.3 is 0 Å². The largest absolute Gasteiger partial charge is 0.0836 e. The molecule has 1 aliphatic carbocycles. The maximum absolute atomic E-state index is 2.36. The minimum atomic E-state index is 1.13. The fourth-order valence-electron chi connectivity index (χ4n) is 7.18. The Labute approximate surface area is 233 Å². The van der Waals surface area contributed by atoms with E-state index >= 15 is 0 Å². The summed E-state index contributed by atoms with van der Waals surface area (Å²) in [5.41, 5.74) is 8.02. The highest BCUT2D eigenvalue weighted by molar-refractivity contribution is 6.35. The highest BCUT2D eigenvalue weighted by atomic mass is 14.2. The van der Waals surface area contributed by atoms with Crippen LogP contribution in [0.15, 0.2) is 127 Å². The van der Waals surface area contributed by atoms with Crippen LogP contribution in [0.2, 0.25) is 0 Å². The molecule has 40 heavy (non-hydrogen) atoms. The fourth-order valence-corrected chi connectivity index (χ4v) is 7.18. The van der Waals surface area contributed by atoms with Gasteiger partial charge in [-0.15, -0.1) is 0 Å². The van der Waals surface area contributed by atoms with Crippen LogP contribution in [0, 0.1) is 0 Å². The van der Waals surface area contributed by atoms with Crippen LogP contribution >= 0.6 is 0 Å². The third-order valence-electron chi connectivity index (χ3n) is 9.05. The summed E-state index contributed by atoms with van der Waals surface area (Å²) >= 11 is 0. The Morgan fingerprint density at radius 3 is 1.93 bits per heavy atom. The number of fused-ring (bicyclic) bond motifs is 5. The second-order valence-electron chi connectivity index (χ2n) is 11.2. The predicted octanol–water partition coefficient (Wildman–Crippen LogP) is 11.2. The van der Waals surface area contributed by atoms with Crippen LogP contribution in [0.25, 0.3) is 82.2 Å². The maximum Gasteiger partial charge on any atom is -0.00141 e. The van der Waals surface area contributed by atoms with Crippen LogP contribution in [-0.2, 0) is 6.42 Å². The van der Waals surface area contributed by atoms with Crippen LogP contribution in [0.3, 0.4) is 0 Å². The second-order valence-corrected chi connectivity index (χ2v) is 11.2. The first-order chi connectivity index (χ1) is 19.8. The Hall–Kier alpha value is -4.94. The summed E-state index contributed by atoms with van der Waals surface area (Å²) in [4.78, 5) is 0. The average molecular weight is 507 g/mol. The molecular weight excluding hydrogens is 480 g/mol. The van der Waals surface area contributed by atoms with Crippen LogP contribution in [0.4, 0.5) is 0 Å². The molecule has 0 atom stereocenters. The summed E-state index contributed by atoms with van der Waals surface area (Å²) in [7, 11) is 0. The Morgan fingerprint density at radius 1 is 0.425 bits per heavy atom. The SMILES string of the molecule is C1=Cc2c(cccc2-c2ccc3cc(-c4ccc5c6ccccc6c6cccc7ccc4c5c76)ccc3c2)CC1. The smallest absolute Gasteiger partial charge is 0.00141 e. The summed E-state index contributed by atoms with van der Waals surface area (Å²) in [5.74, 6) is 0. The Bertz CT molecular complexity index is 2310. The van der Waals surface area contributed by atoms with Gasteiger partial charge in [-0.2, -0.15) is 0 Å². The summed E-state index contributed by atoms with van der Waals surface area (Å²) in [6.45, 7) is 0. The lowest BCUT2D eigenvalue weighted by molar-refractivity contribution is 0.986. The topological polar surface area (TPSA) is 0 Å². The van der Waals surface area contributed by atoms with Crippen LogP contribution < -0.4 is 0 Å². The number of rotatable bonds is 2. The van der Waals surface area contributed by atoms with Gasteiger partial charge in [0.25, 0.3) is 0 Å². The first-order valence-corrected chi connectivity index (χ1v) is 14.2. The molecule has 0 unspecified atom stereocenters. The van der Waals surface area contributed by atoms with E-state index in [0.717, 1.165) is 12.8 Å². The molecular formula is C40H26. The molecule has 186 valence electrons. The number of hydrogen-bond donors (Lipinski definition) is 0. The molecule has 0 nitrogen and oxygen atoms in total. The Balaban J connectivity index is 1.24. The van der Waals surface area contributed by atoms with Gasteiger partial charge in [0, 0.05) is 0 Å². The van der Waals surface area contributed by atoms with Gasteiger partial charge in [-0.1, -0.05) is 121 Å². The van der Waals surface area contributed by atoms with Crippen molar-refractivity contribution in [1.82, 2.24) is 0 Å². The molecule has 0 aromatic heterocycles. The molecule has 8 aromatic carbocycles. The van der Waals surface area contributed by atoms with Crippen LogP contribution in [-0.4, -0.2) is 0 Å². The van der Waals surface area contributed by atoms with Gasteiger partial charge < -0.3 is 0 Å². The van der Waals surface area contributed by atoms with E-state index in [1.54, 1.807) is 0 Å². The van der Waals surface area contributed by atoms with E-state index < -0.39 is 0 Å². The highest BCUT2D eigenvalue weighted by Gasteiger charge is 2.16. The maximum atomic E-state index is 2.36. The third-order valence-corrected chi connectivity index (χ3v) is 9.05. The van der Waals surface area contributed by atoms with Gasteiger partial charge in [-0.25, -0.2) is 0 Å². The van der Waals surface area contributed by atoms with Gasteiger partial charge in [0.2, 0.25) is 0 Å². The van der Waals surface area contributed by atoms with E-state index in [-0.39, 0.29) is 0 Å². The second kappa shape index (κ2) is 8.28. The predicted molar refractivity (Wildman–Crippen MR) is 173 cm³/mol. The van der Waals surface area contributed by atoms with Gasteiger partial charge in [0.1, 0.15) is 0 Å². The third kappa shape index (κ3) is 3.08. The average Bonchev–Trinajstić information content (AvgIpc) is 3.03. The summed E-state index contributed by atoms with van der Waals surface area (Å²) in [6, 6.07) is 45.5. The number of hydrogen-bond acceptors (Lipinski definition) is 0. The van der Waals surface area contributed by atoms with Crippen molar-refractivity contribution in [2.45, 2.75) is 12.8 Å². The summed E-state index contributed by atoms with van der Waals surface area (Å²) < 4.78 is 0. The quantitative estimate of drug-likeness (QED) is 0.162. The van der Waals surface area contributed by atoms with E-state index in [2.05, 4.69) is 133 Å². The van der Waals surface area contributed by atoms with E-state index in [9.17, 15) is 0 Å². The van der Waals surface area contributed by atoms with Crippen molar-refractivity contribution >= 4 is 59.9 Å². The van der Waals surface area contributed by atoms with Gasteiger partial charge in [0.15, 0.2) is 0 Å². The van der Waals surface area contributed by atoms with Crippen molar-refractivity contribution in [2.24, 2.45) is 0 Å². The van der Waals surface area contributed by atoms with Gasteiger partial charge in [-0.05, 0) is 112 Å². The lowest BCUT2D eigenvalue weighted by Crippen LogP contribution is -1.96. The first-order valence-electron chi connectivity index (χ1n) is 14.2. The van der Waals surface area contributed by atoms with Crippen LogP contribution in [0.1, 0.15) is 17.5 Å². The van der Waals surface area contributed by atoms with E-state index in [0.29, 0.717) is 0 Å². The zero-order valence-corrected chi connectivity index (χ0v) is 22.1. The summed E-state index contributed by atoms with van der Waals surface area (Å²) in [6.07, 6.45) is 6.87. The highest BCUT2D eigenvalue weighted by Crippen LogP contribution is 2.44. The lowest BCUT2D eigenvalue weighted by Gasteiger charge is -2.17. The van der Waals surface area contributed by atoms with E-state index in [4.69, 9.17) is 0 Å². The van der Waals surface area contributed by atoms with Crippen molar-refractivity contribution in [1.29, 1.82) is 0 Å². The molecule has 0 amide bonds. The molecule has 0 heterocycles. The fraction of sp³-hybridized carbons (Fsp3) is 0.0500. The molecule has 0 heteroatoms. The Kier molecular flexibility index (Phi) is 4.54. The molecule has 0 aliphatic heterocycles.